The molecule has 102 valence electrons. The zero-order valence-corrected chi connectivity index (χ0v) is 13.0. The first kappa shape index (κ1) is 13.3. The van der Waals surface area contributed by atoms with Crippen molar-refractivity contribution >= 4 is 22.7 Å². The number of hydrogen-bond acceptors (Lipinski definition) is 3. The second-order valence-electron chi connectivity index (χ2n) is 5.49. The summed E-state index contributed by atoms with van der Waals surface area (Å²) in [7, 11) is 0. The van der Waals surface area contributed by atoms with E-state index in [2.05, 4.69) is 41.2 Å². The number of hydrogen-bond donors (Lipinski definition) is 1. The first-order chi connectivity index (χ1) is 9.33. The topological polar surface area (TPSA) is 12.0 Å². The van der Waals surface area contributed by atoms with Crippen molar-refractivity contribution in [1.82, 2.24) is 5.32 Å². The summed E-state index contributed by atoms with van der Waals surface area (Å²) >= 11 is 3.70. The van der Waals surface area contributed by atoms with E-state index in [-0.39, 0.29) is 0 Å². The van der Waals surface area contributed by atoms with Gasteiger partial charge in [0.1, 0.15) is 0 Å². The monoisotopic (exact) mass is 291 g/mol. The molecule has 2 aromatic heterocycles. The fourth-order valence-electron chi connectivity index (χ4n) is 2.93. The van der Waals surface area contributed by atoms with E-state index in [1.807, 2.05) is 22.7 Å². The van der Waals surface area contributed by atoms with Gasteiger partial charge in [-0.1, -0.05) is 18.9 Å². The number of nitrogens with one attached hydrogen (secondary N) is 1. The first-order valence-corrected chi connectivity index (χ1v) is 8.93. The molecule has 3 rings (SSSR count). The molecule has 0 spiro atoms. The van der Waals surface area contributed by atoms with Gasteiger partial charge < -0.3 is 5.32 Å². The van der Waals surface area contributed by atoms with Crippen molar-refractivity contribution in [2.75, 3.05) is 0 Å². The van der Waals surface area contributed by atoms with Crippen LogP contribution < -0.4 is 5.32 Å². The van der Waals surface area contributed by atoms with Crippen molar-refractivity contribution in [3.8, 4) is 10.4 Å². The van der Waals surface area contributed by atoms with Crippen molar-refractivity contribution in [1.29, 1.82) is 0 Å². The van der Waals surface area contributed by atoms with Crippen LogP contribution in [0.2, 0.25) is 0 Å². The van der Waals surface area contributed by atoms with Crippen LogP contribution in [0.5, 0.6) is 0 Å². The zero-order valence-electron chi connectivity index (χ0n) is 11.4. The van der Waals surface area contributed by atoms with Crippen molar-refractivity contribution in [3.63, 3.8) is 0 Å². The lowest BCUT2D eigenvalue weighted by Gasteiger charge is -2.19. The molecule has 0 amide bonds. The summed E-state index contributed by atoms with van der Waals surface area (Å²) in [6.45, 7) is 3.37. The summed E-state index contributed by atoms with van der Waals surface area (Å²) < 4.78 is 0. The lowest BCUT2D eigenvalue weighted by molar-refractivity contribution is 0.381. The maximum Gasteiger partial charge on any atom is 0.0351 e. The van der Waals surface area contributed by atoms with Crippen LogP contribution in [-0.4, -0.2) is 6.04 Å². The van der Waals surface area contributed by atoms with Gasteiger partial charge in [-0.15, -0.1) is 22.7 Å². The average Bonchev–Trinajstić information content (AvgIpc) is 3.14. The molecule has 1 saturated carbocycles. The third kappa shape index (κ3) is 3.28. The minimum Gasteiger partial charge on any atom is -0.309 e. The maximum atomic E-state index is 3.71. The minimum atomic E-state index is 0.662. The molecule has 0 aliphatic heterocycles. The molecule has 0 aromatic carbocycles. The van der Waals surface area contributed by atoms with Crippen LogP contribution >= 0.6 is 22.7 Å². The highest BCUT2D eigenvalue weighted by Crippen LogP contribution is 2.30. The van der Waals surface area contributed by atoms with Gasteiger partial charge in [0.25, 0.3) is 0 Å². The Morgan fingerprint density at radius 3 is 2.89 bits per heavy atom. The van der Waals surface area contributed by atoms with E-state index < -0.39 is 0 Å². The van der Waals surface area contributed by atoms with Crippen LogP contribution in [0.15, 0.2) is 29.0 Å². The summed E-state index contributed by atoms with van der Waals surface area (Å²) in [5.41, 5.74) is 1.38. The van der Waals surface area contributed by atoms with Gasteiger partial charge >= 0.3 is 0 Å². The second-order valence-corrected chi connectivity index (χ2v) is 7.44. The van der Waals surface area contributed by atoms with Gasteiger partial charge in [-0.2, -0.15) is 0 Å². The van der Waals surface area contributed by atoms with Crippen LogP contribution in [0.3, 0.4) is 0 Å². The first-order valence-electron chi connectivity index (χ1n) is 7.17. The Kier molecular flexibility index (Phi) is 4.36. The Morgan fingerprint density at radius 2 is 2.16 bits per heavy atom. The zero-order chi connectivity index (χ0) is 13.1. The Balaban J connectivity index is 1.55. The molecule has 1 aliphatic carbocycles. The lowest BCUT2D eigenvalue weighted by atomic mass is 10.00. The van der Waals surface area contributed by atoms with Crippen LogP contribution in [0, 0.1) is 5.92 Å². The average molecular weight is 291 g/mol. The highest BCUT2D eigenvalue weighted by molar-refractivity contribution is 7.14. The van der Waals surface area contributed by atoms with Crippen LogP contribution in [0.1, 0.15) is 37.5 Å². The normalized spacial score (nSPS) is 17.9. The molecule has 0 saturated heterocycles. The third-order valence-electron chi connectivity index (χ3n) is 4.16. The van der Waals surface area contributed by atoms with E-state index in [0.717, 1.165) is 12.5 Å². The van der Waals surface area contributed by atoms with Gasteiger partial charge in [-0.3, -0.25) is 0 Å². The Hall–Kier alpha value is -0.640. The molecule has 1 fully saturated rings. The quantitative estimate of drug-likeness (QED) is 0.804. The highest BCUT2D eigenvalue weighted by atomic mass is 32.1. The largest absolute Gasteiger partial charge is 0.309 e. The predicted molar refractivity (Wildman–Crippen MR) is 85.9 cm³/mol. The molecule has 1 N–H and O–H groups in total. The fourth-order valence-corrected chi connectivity index (χ4v) is 4.56. The summed E-state index contributed by atoms with van der Waals surface area (Å²) in [6, 6.07) is 7.32. The van der Waals surface area contributed by atoms with Gasteiger partial charge in [-0.25, -0.2) is 0 Å². The summed E-state index contributed by atoms with van der Waals surface area (Å²) in [4.78, 5) is 2.83. The van der Waals surface area contributed by atoms with Gasteiger partial charge in [-0.05, 0) is 48.6 Å². The van der Waals surface area contributed by atoms with Crippen LogP contribution in [0.25, 0.3) is 10.4 Å². The summed E-state index contributed by atoms with van der Waals surface area (Å²) in [6.07, 6.45) is 5.69. The van der Waals surface area contributed by atoms with Gasteiger partial charge in [0, 0.05) is 27.9 Å². The van der Waals surface area contributed by atoms with Gasteiger partial charge in [0.05, 0.1) is 0 Å². The molecular weight excluding hydrogens is 270 g/mol. The third-order valence-corrected chi connectivity index (χ3v) is 6.02. The summed E-state index contributed by atoms with van der Waals surface area (Å²) in [5.74, 6) is 0.900. The molecule has 0 bridgehead atoms. The smallest absolute Gasteiger partial charge is 0.0351 e. The van der Waals surface area contributed by atoms with E-state index in [9.17, 15) is 0 Å². The Morgan fingerprint density at radius 1 is 1.32 bits per heavy atom. The summed E-state index contributed by atoms with van der Waals surface area (Å²) in [5, 5.41) is 8.14. The van der Waals surface area contributed by atoms with Crippen LogP contribution in [-0.2, 0) is 6.54 Å². The highest BCUT2D eigenvalue weighted by Gasteiger charge is 2.20. The molecule has 1 atom stereocenters. The number of thiophene rings is 2. The maximum absolute atomic E-state index is 3.71. The Labute approximate surface area is 123 Å². The van der Waals surface area contributed by atoms with E-state index in [1.165, 1.54) is 41.0 Å². The minimum absolute atomic E-state index is 0.662. The second kappa shape index (κ2) is 6.21. The molecule has 1 aliphatic rings. The van der Waals surface area contributed by atoms with Crippen LogP contribution in [0.4, 0.5) is 0 Å². The molecule has 0 unspecified atom stereocenters. The molecule has 19 heavy (non-hydrogen) atoms. The van der Waals surface area contributed by atoms with E-state index in [0.29, 0.717) is 6.04 Å². The standard InChI is InChI=1S/C16H21NS2/c1-12(13-5-2-3-6-13)17-10-15-9-14(11-19-15)16-7-4-8-18-16/h4,7-9,11-13,17H,2-3,5-6,10H2,1H3/t12-/m0/s1. The SMILES string of the molecule is C[C@H](NCc1cc(-c2cccs2)cs1)C1CCCC1. The van der Waals surface area contributed by atoms with Crippen molar-refractivity contribution < 1.29 is 0 Å². The molecule has 2 heterocycles. The number of rotatable bonds is 5. The van der Waals surface area contributed by atoms with E-state index in [4.69, 9.17) is 0 Å². The van der Waals surface area contributed by atoms with Gasteiger partial charge in [0.15, 0.2) is 0 Å². The van der Waals surface area contributed by atoms with Gasteiger partial charge in [0.2, 0.25) is 0 Å². The molecule has 0 radical (unpaired) electrons. The van der Waals surface area contributed by atoms with Crippen molar-refractivity contribution in [2.45, 2.75) is 45.2 Å². The van der Waals surface area contributed by atoms with Crippen molar-refractivity contribution in [2.24, 2.45) is 5.92 Å². The molecule has 3 heteroatoms. The fraction of sp³-hybridized carbons (Fsp3) is 0.500. The predicted octanol–water partition coefficient (Wildman–Crippen LogP) is 5.14. The molecule has 2 aromatic rings. The van der Waals surface area contributed by atoms with E-state index in [1.54, 1.807) is 0 Å². The lowest BCUT2D eigenvalue weighted by Crippen LogP contribution is -2.31. The molecular formula is C16H21NS2. The Bertz CT molecular complexity index is 495. The van der Waals surface area contributed by atoms with E-state index >= 15 is 0 Å². The van der Waals surface area contributed by atoms with Crippen molar-refractivity contribution in [3.05, 3.63) is 33.8 Å². The molecule has 1 nitrogen and oxygen atoms in total.